The molecule has 0 aromatic rings. The van der Waals surface area contributed by atoms with Gasteiger partial charge in [0.2, 0.25) is 0 Å². The van der Waals surface area contributed by atoms with Crippen molar-refractivity contribution in [3.05, 3.63) is 0 Å². The summed E-state index contributed by atoms with van der Waals surface area (Å²) in [6.45, 7) is 17.6. The topological polar surface area (TPSA) is 163 Å². The highest BCUT2D eigenvalue weighted by molar-refractivity contribution is 5.90. The zero-order valence-electron chi connectivity index (χ0n) is 29.7. The Bertz CT molecular complexity index is 1030. The van der Waals surface area contributed by atoms with Gasteiger partial charge in [0.15, 0.2) is 6.29 Å². The van der Waals surface area contributed by atoms with Crippen molar-refractivity contribution < 1.29 is 44.2 Å². The Morgan fingerprint density at radius 1 is 1.04 bits per heavy atom. The molecule has 0 aromatic carbocycles. The Morgan fingerprint density at radius 2 is 1.64 bits per heavy atom. The number of carbonyl (C=O) groups excluding carboxylic acids is 1. The quantitative estimate of drug-likeness (QED) is 0.192. The number of rotatable bonds is 6. The summed E-state index contributed by atoms with van der Waals surface area (Å²) in [4.78, 5) is 15.4. The van der Waals surface area contributed by atoms with Gasteiger partial charge in [-0.3, -0.25) is 4.79 Å². The van der Waals surface area contributed by atoms with Gasteiger partial charge < -0.3 is 44.3 Å². The van der Waals surface area contributed by atoms with E-state index in [9.17, 15) is 25.2 Å². The Balaban J connectivity index is 2.74. The predicted molar refractivity (Wildman–Crippen MR) is 173 cm³/mol. The number of nitrogens with zero attached hydrogens (tertiary/aromatic N) is 3. The van der Waals surface area contributed by atoms with Crippen LogP contribution in [0.15, 0.2) is 10.2 Å². The SMILES string of the molecule is CCC1OC(=O)C(C)C(O)C(C)C(OC2OC(C)CC(N(C)C)C2O)C(C)(OC)CC(C)C(=NN=C(C)C)C(C)C(O)C1(C)O. The average molecular weight is 644 g/mol. The standard InChI is InChI=1S/C33H61N3O9/c1-14-24-33(10,41)28(39)20(6)25(35-34-17(2)3)18(4)16-32(9,42-13)29(21(7)26(37)22(8)30(40)44-24)45-31-27(38)23(36(11)12)15-19(5)43-31/h18-24,26-29,31,37-39,41H,14-16H2,1-13H3. The van der Waals surface area contributed by atoms with Gasteiger partial charge in [0.1, 0.15) is 17.8 Å². The van der Waals surface area contributed by atoms with Gasteiger partial charge in [0.05, 0.1) is 35.9 Å². The summed E-state index contributed by atoms with van der Waals surface area (Å²) >= 11 is 0. The number of ether oxygens (including phenoxy) is 4. The summed E-state index contributed by atoms with van der Waals surface area (Å²) in [5.41, 5.74) is -1.73. The monoisotopic (exact) mass is 643 g/mol. The summed E-state index contributed by atoms with van der Waals surface area (Å²) in [5.74, 6) is -3.50. The van der Waals surface area contributed by atoms with Crippen LogP contribution >= 0.6 is 0 Å². The number of hydrogen-bond donors (Lipinski definition) is 4. The minimum absolute atomic E-state index is 0.207. The number of carbonyl (C=O) groups is 1. The van der Waals surface area contributed by atoms with Gasteiger partial charge in [-0.1, -0.05) is 27.7 Å². The van der Waals surface area contributed by atoms with E-state index in [1.165, 1.54) is 6.92 Å². The molecule has 12 heteroatoms. The number of esters is 1. The van der Waals surface area contributed by atoms with Crippen molar-refractivity contribution >= 4 is 17.4 Å². The molecule has 14 unspecified atom stereocenters. The molecule has 2 aliphatic rings. The van der Waals surface area contributed by atoms with Gasteiger partial charge in [-0.15, -0.1) is 0 Å². The zero-order valence-corrected chi connectivity index (χ0v) is 29.7. The molecule has 0 amide bonds. The number of cyclic esters (lactones) is 1. The van der Waals surface area contributed by atoms with Crippen molar-refractivity contribution in [2.24, 2.45) is 33.9 Å². The third-order valence-electron chi connectivity index (χ3n) is 9.93. The molecule has 0 radical (unpaired) electrons. The van der Waals surface area contributed by atoms with E-state index in [-0.39, 0.29) is 24.5 Å². The molecule has 2 heterocycles. The van der Waals surface area contributed by atoms with E-state index in [0.29, 0.717) is 24.3 Å². The fraction of sp³-hybridized carbons (Fsp3) is 0.909. The minimum Gasteiger partial charge on any atom is -0.459 e. The number of methoxy groups -OCH3 is 1. The van der Waals surface area contributed by atoms with Crippen LogP contribution in [0.2, 0.25) is 0 Å². The van der Waals surface area contributed by atoms with Crippen molar-refractivity contribution in [2.75, 3.05) is 21.2 Å². The van der Waals surface area contributed by atoms with Gasteiger partial charge in [-0.2, -0.15) is 10.2 Å². The van der Waals surface area contributed by atoms with Gasteiger partial charge in [0.25, 0.3) is 0 Å². The summed E-state index contributed by atoms with van der Waals surface area (Å²) in [5, 5.41) is 55.0. The molecule has 12 nitrogen and oxygen atoms in total. The third-order valence-corrected chi connectivity index (χ3v) is 9.93. The minimum atomic E-state index is -1.83. The number of likely N-dealkylation sites (N-methyl/N-ethyl adjacent to an activating group) is 1. The molecular weight excluding hydrogens is 582 g/mol. The van der Waals surface area contributed by atoms with Crippen molar-refractivity contribution in [3.63, 3.8) is 0 Å². The van der Waals surface area contributed by atoms with Crippen LogP contribution in [0.1, 0.15) is 88.5 Å². The third kappa shape index (κ3) is 9.10. The molecule has 2 fully saturated rings. The normalized spacial score (nSPS) is 45.2. The Morgan fingerprint density at radius 3 is 2.16 bits per heavy atom. The lowest BCUT2D eigenvalue weighted by molar-refractivity contribution is -0.301. The smallest absolute Gasteiger partial charge is 0.311 e. The van der Waals surface area contributed by atoms with Crippen LogP contribution in [-0.4, -0.2) is 124 Å². The molecule has 2 saturated heterocycles. The van der Waals surface area contributed by atoms with Crippen LogP contribution in [0.5, 0.6) is 0 Å². The van der Waals surface area contributed by atoms with Gasteiger partial charge in [-0.05, 0) is 80.8 Å². The molecule has 0 aromatic heterocycles. The summed E-state index contributed by atoms with van der Waals surface area (Å²) in [6.07, 6.45) is -5.67. The molecular formula is C33H61N3O9. The molecule has 0 saturated carbocycles. The Hall–Kier alpha value is -1.51. The first kappa shape index (κ1) is 39.7. The van der Waals surface area contributed by atoms with E-state index in [4.69, 9.17) is 18.9 Å². The maximum atomic E-state index is 13.5. The lowest BCUT2D eigenvalue weighted by Gasteiger charge is -2.48. The van der Waals surface area contributed by atoms with E-state index in [1.54, 1.807) is 34.8 Å². The van der Waals surface area contributed by atoms with Gasteiger partial charge in [0, 0.05) is 36.4 Å². The maximum Gasteiger partial charge on any atom is 0.311 e. The second-order valence-electron chi connectivity index (χ2n) is 14.3. The largest absolute Gasteiger partial charge is 0.459 e. The number of aliphatic hydroxyl groups is 4. The van der Waals surface area contributed by atoms with E-state index >= 15 is 0 Å². The van der Waals surface area contributed by atoms with Crippen LogP contribution < -0.4 is 0 Å². The van der Waals surface area contributed by atoms with Crippen molar-refractivity contribution in [3.8, 4) is 0 Å². The summed E-state index contributed by atoms with van der Waals surface area (Å²) in [7, 11) is 5.33. The zero-order chi connectivity index (χ0) is 34.6. The molecule has 2 rings (SSSR count). The summed E-state index contributed by atoms with van der Waals surface area (Å²) in [6, 6.07) is -0.228. The van der Waals surface area contributed by atoms with E-state index in [0.717, 1.165) is 0 Å². The maximum absolute atomic E-state index is 13.5. The predicted octanol–water partition coefficient (Wildman–Crippen LogP) is 2.78. The first-order valence-corrected chi connectivity index (χ1v) is 16.3. The number of hydrogen-bond acceptors (Lipinski definition) is 12. The Kier molecular flexibility index (Phi) is 14.2. The fourth-order valence-electron chi connectivity index (χ4n) is 6.94. The van der Waals surface area contributed by atoms with E-state index in [2.05, 4.69) is 10.2 Å². The molecule has 0 spiro atoms. The average Bonchev–Trinajstić information content (AvgIpc) is 2.97. The molecule has 2 aliphatic heterocycles. The molecule has 14 atom stereocenters. The van der Waals surface area contributed by atoms with Crippen molar-refractivity contribution in [2.45, 2.75) is 149 Å². The lowest BCUT2D eigenvalue weighted by Crippen LogP contribution is -2.60. The van der Waals surface area contributed by atoms with Crippen molar-refractivity contribution in [1.29, 1.82) is 0 Å². The van der Waals surface area contributed by atoms with Crippen LogP contribution in [0.3, 0.4) is 0 Å². The highest BCUT2D eigenvalue weighted by Gasteiger charge is 2.51. The van der Waals surface area contributed by atoms with E-state index in [1.807, 2.05) is 53.6 Å². The molecule has 0 aliphatic carbocycles. The van der Waals surface area contributed by atoms with Crippen LogP contribution in [0.25, 0.3) is 0 Å². The summed E-state index contributed by atoms with van der Waals surface area (Å²) < 4.78 is 24.7. The number of aliphatic hydroxyl groups excluding tert-OH is 3. The first-order chi connectivity index (χ1) is 20.7. The van der Waals surface area contributed by atoms with Crippen LogP contribution in [0.4, 0.5) is 0 Å². The van der Waals surface area contributed by atoms with Gasteiger partial charge >= 0.3 is 5.97 Å². The molecule has 45 heavy (non-hydrogen) atoms. The molecule has 262 valence electrons. The second kappa shape index (κ2) is 16.1. The van der Waals surface area contributed by atoms with Gasteiger partial charge in [-0.25, -0.2) is 0 Å². The molecule has 4 N–H and O–H groups in total. The van der Waals surface area contributed by atoms with Crippen LogP contribution in [0, 0.1) is 23.7 Å². The highest BCUT2D eigenvalue weighted by atomic mass is 16.7. The van der Waals surface area contributed by atoms with Crippen LogP contribution in [-0.2, 0) is 23.7 Å². The van der Waals surface area contributed by atoms with Crippen molar-refractivity contribution in [1.82, 2.24) is 4.90 Å². The molecule has 0 bridgehead atoms. The lowest BCUT2D eigenvalue weighted by atomic mass is 9.73. The first-order valence-electron chi connectivity index (χ1n) is 16.3. The second-order valence-corrected chi connectivity index (χ2v) is 14.3. The van der Waals surface area contributed by atoms with E-state index < -0.39 is 71.7 Å². The Labute approximate surface area is 270 Å². The highest BCUT2D eigenvalue weighted by Crippen LogP contribution is 2.39. The fourth-order valence-corrected chi connectivity index (χ4v) is 6.94.